The average molecular weight is 357 g/mol. The van der Waals surface area contributed by atoms with Gasteiger partial charge in [0.2, 0.25) is 5.91 Å². The molecule has 132 valence electrons. The van der Waals surface area contributed by atoms with Gasteiger partial charge >= 0.3 is 5.97 Å². The first-order valence-electron chi connectivity index (χ1n) is 7.42. The van der Waals surface area contributed by atoms with E-state index in [0.29, 0.717) is 0 Å². The normalized spacial score (nSPS) is 16.0. The molecule has 0 N–H and O–H groups in total. The van der Waals surface area contributed by atoms with Gasteiger partial charge in [0, 0.05) is 25.4 Å². The Morgan fingerprint density at radius 3 is 2.58 bits per heavy atom. The van der Waals surface area contributed by atoms with E-state index >= 15 is 0 Å². The number of likely N-dealkylation sites (tertiary alicyclic amines) is 1. The second kappa shape index (κ2) is 7.56. The number of piperidine rings is 1. The molecule has 0 atom stereocenters. The molecule has 0 aromatic carbocycles. The van der Waals surface area contributed by atoms with E-state index in [0.717, 1.165) is 11.8 Å². The highest BCUT2D eigenvalue weighted by atomic mass is 32.2. The van der Waals surface area contributed by atoms with Gasteiger partial charge in [-0.2, -0.15) is 5.10 Å². The standard InChI is InChI=1S/C14H19N3O6S/c1-23-14(20)10-24(21,22)11-4-7-16(8-5-11)13(19)9-17-12(18)3-2-6-15-17/h2-3,6,11H,4-5,7-10H2,1H3. The van der Waals surface area contributed by atoms with Gasteiger partial charge in [-0.3, -0.25) is 14.4 Å². The first kappa shape index (κ1) is 18.1. The molecule has 0 bridgehead atoms. The van der Waals surface area contributed by atoms with E-state index in [4.69, 9.17) is 0 Å². The minimum atomic E-state index is -3.59. The number of rotatable bonds is 5. The highest BCUT2D eigenvalue weighted by Crippen LogP contribution is 2.19. The van der Waals surface area contributed by atoms with E-state index in [-0.39, 0.29) is 43.9 Å². The summed E-state index contributed by atoms with van der Waals surface area (Å²) < 4.78 is 29.7. The lowest BCUT2D eigenvalue weighted by Gasteiger charge is -2.31. The first-order chi connectivity index (χ1) is 11.3. The second-order valence-electron chi connectivity index (χ2n) is 5.48. The third kappa shape index (κ3) is 4.40. The Labute approximate surface area is 139 Å². The Morgan fingerprint density at radius 2 is 2.00 bits per heavy atom. The summed E-state index contributed by atoms with van der Waals surface area (Å²) in [7, 11) is -2.45. The fourth-order valence-electron chi connectivity index (χ4n) is 2.54. The second-order valence-corrected chi connectivity index (χ2v) is 7.76. The van der Waals surface area contributed by atoms with Crippen molar-refractivity contribution in [2.45, 2.75) is 24.6 Å². The monoisotopic (exact) mass is 357 g/mol. The molecular formula is C14H19N3O6S. The van der Waals surface area contributed by atoms with Crippen LogP contribution in [0.15, 0.2) is 23.1 Å². The Bertz CT molecular complexity index is 765. The zero-order valence-corrected chi connectivity index (χ0v) is 14.1. The molecule has 1 aliphatic rings. The molecule has 0 spiro atoms. The number of esters is 1. The molecule has 0 aliphatic carbocycles. The maximum Gasteiger partial charge on any atom is 0.320 e. The molecule has 1 aromatic rings. The minimum Gasteiger partial charge on any atom is -0.468 e. The lowest BCUT2D eigenvalue weighted by molar-refractivity contribution is -0.137. The van der Waals surface area contributed by atoms with Crippen molar-refractivity contribution in [1.82, 2.24) is 14.7 Å². The zero-order valence-electron chi connectivity index (χ0n) is 13.3. The smallest absolute Gasteiger partial charge is 0.320 e. The van der Waals surface area contributed by atoms with Gasteiger partial charge in [0.1, 0.15) is 12.3 Å². The van der Waals surface area contributed by atoms with Crippen molar-refractivity contribution in [3.63, 3.8) is 0 Å². The number of sulfone groups is 1. The predicted octanol–water partition coefficient (Wildman–Crippen LogP) is -1.18. The Balaban J connectivity index is 1.93. The number of carbonyl (C=O) groups is 2. The van der Waals surface area contributed by atoms with E-state index < -0.39 is 26.8 Å². The number of hydrogen-bond acceptors (Lipinski definition) is 7. The van der Waals surface area contributed by atoms with E-state index in [2.05, 4.69) is 9.84 Å². The Hall–Kier alpha value is -2.23. The fraction of sp³-hybridized carbons (Fsp3) is 0.571. The van der Waals surface area contributed by atoms with Gasteiger partial charge < -0.3 is 9.64 Å². The first-order valence-corrected chi connectivity index (χ1v) is 9.13. The van der Waals surface area contributed by atoms with Crippen LogP contribution in [0.2, 0.25) is 0 Å². The van der Waals surface area contributed by atoms with Crippen molar-refractivity contribution in [3.8, 4) is 0 Å². The van der Waals surface area contributed by atoms with Crippen LogP contribution in [0.1, 0.15) is 12.8 Å². The summed E-state index contributed by atoms with van der Waals surface area (Å²) in [5.74, 6) is -1.73. The largest absolute Gasteiger partial charge is 0.468 e. The van der Waals surface area contributed by atoms with Crippen LogP contribution in [0, 0.1) is 0 Å². The zero-order chi connectivity index (χ0) is 17.7. The Morgan fingerprint density at radius 1 is 1.33 bits per heavy atom. The van der Waals surface area contributed by atoms with Gasteiger partial charge in [0.15, 0.2) is 9.84 Å². The summed E-state index contributed by atoms with van der Waals surface area (Å²) in [5, 5.41) is 3.15. The van der Waals surface area contributed by atoms with Crippen LogP contribution in [-0.2, 0) is 30.7 Å². The van der Waals surface area contributed by atoms with Crippen LogP contribution in [0.5, 0.6) is 0 Å². The lowest BCUT2D eigenvalue weighted by Crippen LogP contribution is -2.45. The fourth-order valence-corrected chi connectivity index (χ4v) is 4.15. The number of hydrogen-bond donors (Lipinski definition) is 0. The van der Waals surface area contributed by atoms with Crippen molar-refractivity contribution >= 4 is 21.7 Å². The number of nitrogens with zero attached hydrogens (tertiary/aromatic N) is 3. The minimum absolute atomic E-state index is 0.181. The van der Waals surface area contributed by atoms with Gasteiger partial charge in [-0.15, -0.1) is 0 Å². The molecule has 0 saturated carbocycles. The Kier molecular flexibility index (Phi) is 5.71. The van der Waals surface area contributed by atoms with Gasteiger partial charge in [0.25, 0.3) is 5.56 Å². The molecule has 0 radical (unpaired) electrons. The molecular weight excluding hydrogens is 338 g/mol. The average Bonchev–Trinajstić information content (AvgIpc) is 2.56. The van der Waals surface area contributed by atoms with Crippen LogP contribution in [0.25, 0.3) is 0 Å². The van der Waals surface area contributed by atoms with Gasteiger partial charge in [-0.1, -0.05) is 0 Å². The summed E-state index contributed by atoms with van der Waals surface area (Å²) in [6, 6.07) is 2.80. The molecule has 1 aliphatic heterocycles. The number of carbonyl (C=O) groups excluding carboxylic acids is 2. The van der Waals surface area contributed by atoms with Crippen LogP contribution in [-0.4, -0.2) is 66.2 Å². The topological polar surface area (TPSA) is 116 Å². The molecule has 9 nitrogen and oxygen atoms in total. The molecule has 24 heavy (non-hydrogen) atoms. The molecule has 0 unspecified atom stereocenters. The quantitative estimate of drug-likeness (QED) is 0.609. The van der Waals surface area contributed by atoms with Crippen molar-refractivity contribution in [1.29, 1.82) is 0 Å². The van der Waals surface area contributed by atoms with Gasteiger partial charge in [-0.05, 0) is 18.9 Å². The predicted molar refractivity (Wildman–Crippen MR) is 83.9 cm³/mol. The molecule has 1 saturated heterocycles. The van der Waals surface area contributed by atoms with E-state index in [9.17, 15) is 22.8 Å². The van der Waals surface area contributed by atoms with Crippen LogP contribution < -0.4 is 5.56 Å². The highest BCUT2D eigenvalue weighted by Gasteiger charge is 2.33. The maximum atomic E-state index is 12.2. The summed E-state index contributed by atoms with van der Waals surface area (Å²) in [6.45, 7) is 0.330. The molecule has 1 aromatic heterocycles. The number of amides is 1. The third-order valence-electron chi connectivity index (χ3n) is 3.92. The van der Waals surface area contributed by atoms with Crippen LogP contribution in [0.4, 0.5) is 0 Å². The lowest BCUT2D eigenvalue weighted by atomic mass is 10.1. The summed E-state index contributed by atoms with van der Waals surface area (Å²) in [4.78, 5) is 36.4. The summed E-state index contributed by atoms with van der Waals surface area (Å²) in [5.41, 5.74) is -0.374. The van der Waals surface area contributed by atoms with E-state index in [1.165, 1.54) is 23.2 Å². The highest BCUT2D eigenvalue weighted by molar-refractivity contribution is 7.92. The van der Waals surface area contributed by atoms with Crippen molar-refractivity contribution < 1.29 is 22.7 Å². The number of methoxy groups -OCH3 is 1. The van der Waals surface area contributed by atoms with Crippen molar-refractivity contribution in [2.24, 2.45) is 0 Å². The molecule has 2 rings (SSSR count). The van der Waals surface area contributed by atoms with Crippen LogP contribution >= 0.6 is 0 Å². The van der Waals surface area contributed by atoms with Crippen LogP contribution in [0.3, 0.4) is 0 Å². The maximum absolute atomic E-state index is 12.2. The van der Waals surface area contributed by atoms with Crippen molar-refractivity contribution in [2.75, 3.05) is 26.0 Å². The number of ether oxygens (including phenoxy) is 1. The third-order valence-corrected chi connectivity index (χ3v) is 6.04. The van der Waals surface area contributed by atoms with E-state index in [1.807, 2.05) is 0 Å². The number of aromatic nitrogens is 2. The molecule has 1 amide bonds. The van der Waals surface area contributed by atoms with E-state index in [1.54, 1.807) is 0 Å². The van der Waals surface area contributed by atoms with Gasteiger partial charge in [0.05, 0.1) is 12.4 Å². The summed E-state index contributed by atoms with van der Waals surface area (Å²) >= 11 is 0. The molecule has 1 fully saturated rings. The van der Waals surface area contributed by atoms with Crippen molar-refractivity contribution in [3.05, 3.63) is 28.7 Å². The molecule has 10 heteroatoms. The molecule has 2 heterocycles. The van der Waals surface area contributed by atoms with Gasteiger partial charge in [-0.25, -0.2) is 13.1 Å². The SMILES string of the molecule is COC(=O)CS(=O)(=O)C1CCN(C(=O)Cn2ncccc2=O)CC1. The summed E-state index contributed by atoms with van der Waals surface area (Å²) in [6.07, 6.45) is 1.92.